The van der Waals surface area contributed by atoms with Gasteiger partial charge >= 0.3 is 0 Å². The van der Waals surface area contributed by atoms with Crippen LogP contribution in [0.2, 0.25) is 0 Å². The first-order valence-electron chi connectivity index (χ1n) is 7.52. The molecule has 8 nitrogen and oxygen atoms in total. The van der Waals surface area contributed by atoms with Crippen LogP contribution in [0.4, 0.5) is 5.82 Å². The molecule has 0 saturated heterocycles. The number of aliphatic hydroxyl groups is 1. The Bertz CT molecular complexity index is 944. The molecule has 0 aliphatic carbocycles. The van der Waals surface area contributed by atoms with Crippen LogP contribution in [-0.4, -0.2) is 48.9 Å². The van der Waals surface area contributed by atoms with Gasteiger partial charge in [-0.15, -0.1) is 10.2 Å². The molecule has 4 aromatic rings. The molecule has 24 heavy (non-hydrogen) atoms. The van der Waals surface area contributed by atoms with Gasteiger partial charge in [0.05, 0.1) is 6.61 Å². The van der Waals surface area contributed by atoms with E-state index in [0.29, 0.717) is 12.4 Å². The quantitative estimate of drug-likeness (QED) is 0.445. The van der Waals surface area contributed by atoms with Crippen molar-refractivity contribution >= 4 is 16.9 Å². The zero-order valence-electron chi connectivity index (χ0n) is 12.7. The summed E-state index contributed by atoms with van der Waals surface area (Å²) in [5.74, 6) is 1.28. The molecule has 8 heteroatoms. The van der Waals surface area contributed by atoms with Crippen molar-refractivity contribution in [1.82, 2.24) is 30.6 Å². The lowest BCUT2D eigenvalue weighted by Crippen LogP contribution is -2.07. The van der Waals surface area contributed by atoms with Crippen molar-refractivity contribution in [3.8, 4) is 22.5 Å². The number of nitrogens with one attached hydrogen (secondary N) is 3. The fraction of sp³-hybridized carbons (Fsp3) is 0.125. The topological polar surface area (TPSA) is 115 Å². The van der Waals surface area contributed by atoms with Crippen molar-refractivity contribution in [3.05, 3.63) is 42.6 Å². The van der Waals surface area contributed by atoms with Gasteiger partial charge < -0.3 is 15.4 Å². The molecular formula is C16H15N7O. The molecule has 0 aliphatic heterocycles. The molecule has 0 saturated carbocycles. The van der Waals surface area contributed by atoms with Crippen molar-refractivity contribution in [2.75, 3.05) is 18.5 Å². The molecule has 1 aromatic carbocycles. The highest BCUT2D eigenvalue weighted by molar-refractivity contribution is 5.95. The highest BCUT2D eigenvalue weighted by Crippen LogP contribution is 2.30. The van der Waals surface area contributed by atoms with Gasteiger partial charge in [-0.2, -0.15) is 5.21 Å². The summed E-state index contributed by atoms with van der Waals surface area (Å²) < 4.78 is 0. The van der Waals surface area contributed by atoms with Crippen molar-refractivity contribution in [3.63, 3.8) is 0 Å². The standard InChI is InChI=1S/C16H15N7O/c24-8-7-17-14-9-13(12-5-6-18-16(12)19-14)10-1-3-11(4-2-10)15-20-22-23-21-15/h1-6,9,24H,7-8H2,(H2,17,18,19)(H,20,21,22,23). The van der Waals surface area contributed by atoms with E-state index in [0.717, 1.165) is 33.5 Å². The lowest BCUT2D eigenvalue weighted by Gasteiger charge is -2.09. The third-order valence-electron chi connectivity index (χ3n) is 3.75. The van der Waals surface area contributed by atoms with Gasteiger partial charge in [-0.1, -0.05) is 24.3 Å². The average molecular weight is 321 g/mol. The van der Waals surface area contributed by atoms with Crippen LogP contribution in [0.25, 0.3) is 33.5 Å². The Kier molecular flexibility index (Phi) is 3.64. The molecule has 0 radical (unpaired) electrons. The predicted octanol–water partition coefficient (Wildman–Crippen LogP) is 1.81. The normalized spacial score (nSPS) is 11.0. The number of pyridine rings is 1. The summed E-state index contributed by atoms with van der Waals surface area (Å²) in [7, 11) is 0. The maximum Gasteiger partial charge on any atom is 0.204 e. The lowest BCUT2D eigenvalue weighted by molar-refractivity contribution is 0.311. The number of benzene rings is 1. The number of tetrazole rings is 1. The molecule has 4 N–H and O–H groups in total. The number of anilines is 1. The Morgan fingerprint density at radius 2 is 1.92 bits per heavy atom. The zero-order valence-corrected chi connectivity index (χ0v) is 12.7. The highest BCUT2D eigenvalue weighted by Gasteiger charge is 2.10. The van der Waals surface area contributed by atoms with Gasteiger partial charge in [0, 0.05) is 23.7 Å². The molecule has 0 amide bonds. The predicted molar refractivity (Wildman–Crippen MR) is 90.3 cm³/mol. The van der Waals surface area contributed by atoms with Crippen molar-refractivity contribution < 1.29 is 5.11 Å². The smallest absolute Gasteiger partial charge is 0.204 e. The second-order valence-corrected chi connectivity index (χ2v) is 5.26. The Morgan fingerprint density at radius 3 is 2.67 bits per heavy atom. The number of aromatic amines is 2. The Balaban J connectivity index is 1.76. The minimum Gasteiger partial charge on any atom is -0.395 e. The fourth-order valence-electron chi connectivity index (χ4n) is 2.63. The van der Waals surface area contributed by atoms with Crippen molar-refractivity contribution in [1.29, 1.82) is 0 Å². The maximum absolute atomic E-state index is 8.99. The van der Waals surface area contributed by atoms with Crippen LogP contribution in [0, 0.1) is 0 Å². The van der Waals surface area contributed by atoms with Gasteiger partial charge in [-0.3, -0.25) is 0 Å². The van der Waals surface area contributed by atoms with Crippen LogP contribution in [0.1, 0.15) is 0 Å². The summed E-state index contributed by atoms with van der Waals surface area (Å²) >= 11 is 0. The molecule has 3 aromatic heterocycles. The van der Waals surface area contributed by atoms with Crippen LogP contribution in [-0.2, 0) is 0 Å². The van der Waals surface area contributed by atoms with Crippen molar-refractivity contribution in [2.45, 2.75) is 0 Å². The summed E-state index contributed by atoms with van der Waals surface area (Å²) in [5.41, 5.74) is 3.81. The molecule has 3 heterocycles. The molecule has 0 bridgehead atoms. The van der Waals surface area contributed by atoms with Crippen LogP contribution in [0.5, 0.6) is 0 Å². The molecule has 0 aliphatic rings. The first kappa shape index (κ1) is 14.3. The third kappa shape index (κ3) is 2.59. The minimum atomic E-state index is 0.0547. The van der Waals surface area contributed by atoms with Gasteiger partial charge in [0.2, 0.25) is 5.82 Å². The second-order valence-electron chi connectivity index (χ2n) is 5.26. The molecule has 0 atom stereocenters. The van der Waals surface area contributed by atoms with E-state index in [1.54, 1.807) is 0 Å². The first-order chi connectivity index (χ1) is 11.8. The second kappa shape index (κ2) is 6.09. The molecule has 0 fully saturated rings. The number of H-pyrrole nitrogens is 2. The number of rotatable bonds is 5. The van der Waals surface area contributed by atoms with Gasteiger partial charge in [0.15, 0.2) is 0 Å². The molecule has 0 spiro atoms. The fourth-order valence-corrected chi connectivity index (χ4v) is 2.63. The van der Waals surface area contributed by atoms with Gasteiger partial charge in [0.1, 0.15) is 11.5 Å². The number of aromatic nitrogens is 6. The van der Waals surface area contributed by atoms with E-state index < -0.39 is 0 Å². The van der Waals surface area contributed by atoms with E-state index in [1.807, 2.05) is 42.6 Å². The molecule has 120 valence electrons. The maximum atomic E-state index is 8.99. The Hall–Kier alpha value is -3.26. The molecule has 0 unspecified atom stereocenters. The van der Waals surface area contributed by atoms with Crippen molar-refractivity contribution in [2.24, 2.45) is 0 Å². The highest BCUT2D eigenvalue weighted by atomic mass is 16.3. The van der Waals surface area contributed by atoms with Crippen LogP contribution in [0.15, 0.2) is 42.6 Å². The van der Waals surface area contributed by atoms with Crippen LogP contribution < -0.4 is 5.32 Å². The largest absolute Gasteiger partial charge is 0.395 e. The lowest BCUT2D eigenvalue weighted by atomic mass is 10.0. The summed E-state index contributed by atoms with van der Waals surface area (Å²) in [6.45, 7) is 0.509. The Labute approximate surface area is 137 Å². The summed E-state index contributed by atoms with van der Waals surface area (Å²) in [6.07, 6.45) is 1.87. The van der Waals surface area contributed by atoms with Crippen LogP contribution in [0.3, 0.4) is 0 Å². The number of hydrogen-bond acceptors (Lipinski definition) is 6. The summed E-state index contributed by atoms with van der Waals surface area (Å²) in [4.78, 5) is 7.64. The van der Waals surface area contributed by atoms with Gasteiger partial charge in [-0.05, 0) is 28.5 Å². The monoisotopic (exact) mass is 321 g/mol. The van der Waals surface area contributed by atoms with E-state index in [9.17, 15) is 0 Å². The minimum absolute atomic E-state index is 0.0547. The average Bonchev–Trinajstić information content (AvgIpc) is 3.31. The van der Waals surface area contributed by atoms with E-state index in [-0.39, 0.29) is 6.61 Å². The van der Waals surface area contributed by atoms with Crippen LogP contribution >= 0.6 is 0 Å². The van der Waals surface area contributed by atoms with Gasteiger partial charge in [-0.25, -0.2) is 4.98 Å². The first-order valence-corrected chi connectivity index (χ1v) is 7.52. The van der Waals surface area contributed by atoms with E-state index in [4.69, 9.17) is 5.11 Å². The molecule has 4 rings (SSSR count). The van der Waals surface area contributed by atoms with E-state index in [1.165, 1.54) is 0 Å². The number of aliphatic hydroxyl groups excluding tert-OH is 1. The summed E-state index contributed by atoms with van der Waals surface area (Å²) in [6, 6.07) is 11.9. The van der Waals surface area contributed by atoms with Gasteiger partial charge in [0.25, 0.3) is 0 Å². The van der Waals surface area contributed by atoms with E-state index in [2.05, 4.69) is 35.9 Å². The third-order valence-corrected chi connectivity index (χ3v) is 3.75. The SMILES string of the molecule is OCCNc1cc(-c2ccc(-c3nn[nH]n3)cc2)c2cc[nH]c2n1. The molecular weight excluding hydrogens is 306 g/mol. The number of nitrogens with zero attached hydrogens (tertiary/aromatic N) is 4. The zero-order chi connectivity index (χ0) is 16.4. The Morgan fingerprint density at radius 1 is 1.08 bits per heavy atom. The summed E-state index contributed by atoms with van der Waals surface area (Å²) in [5, 5.41) is 27.1. The number of fused-ring (bicyclic) bond motifs is 1. The number of hydrogen-bond donors (Lipinski definition) is 4. The van der Waals surface area contributed by atoms with E-state index >= 15 is 0 Å².